The van der Waals surface area contributed by atoms with E-state index in [9.17, 15) is 13.6 Å². The van der Waals surface area contributed by atoms with Crippen LogP contribution in [-0.4, -0.2) is 19.1 Å². The molecule has 0 aliphatic carbocycles. The smallest absolute Gasteiger partial charge is 0.201 e. The highest BCUT2D eigenvalue weighted by Gasteiger charge is 2.02. The van der Waals surface area contributed by atoms with Crippen molar-refractivity contribution < 1.29 is 13.6 Å². The summed E-state index contributed by atoms with van der Waals surface area (Å²) in [5, 5.41) is 0. The van der Waals surface area contributed by atoms with Crippen molar-refractivity contribution in [2.75, 3.05) is 6.67 Å². The van der Waals surface area contributed by atoms with Gasteiger partial charge >= 0.3 is 0 Å². The summed E-state index contributed by atoms with van der Waals surface area (Å²) >= 11 is 0. The first kappa shape index (κ1) is 6.53. The van der Waals surface area contributed by atoms with Crippen molar-refractivity contribution in [1.29, 1.82) is 0 Å². The fourth-order valence-corrected chi connectivity index (χ4v) is 0.145. The van der Waals surface area contributed by atoms with Gasteiger partial charge in [0.25, 0.3) is 0 Å². The highest BCUT2D eigenvalue weighted by atomic mass is 19.2. The fourth-order valence-electron chi connectivity index (χ4n) is 0.145. The molecular formula is C4H5F2O. The van der Waals surface area contributed by atoms with Crippen LogP contribution in [0.25, 0.3) is 0 Å². The first-order chi connectivity index (χ1) is 3.31. The molecule has 0 spiro atoms. The zero-order valence-electron chi connectivity index (χ0n) is 3.66. The lowest BCUT2D eigenvalue weighted by Crippen LogP contribution is -2.01. The molecule has 7 heavy (non-hydrogen) atoms. The Morgan fingerprint density at radius 2 is 2.29 bits per heavy atom. The quantitative estimate of drug-likeness (QED) is 0.521. The molecule has 3 heteroatoms. The Balaban J connectivity index is 2.98. The highest BCUT2D eigenvalue weighted by molar-refractivity contribution is 5.51. The van der Waals surface area contributed by atoms with Crippen molar-refractivity contribution in [2.45, 2.75) is 12.6 Å². The molecule has 0 bridgehead atoms. The SMILES string of the molecule is O=[C]CC(F)CF. The summed E-state index contributed by atoms with van der Waals surface area (Å²) in [5.74, 6) is 0. The molecule has 1 radical (unpaired) electrons. The van der Waals surface area contributed by atoms with Crippen molar-refractivity contribution in [3.63, 3.8) is 0 Å². The van der Waals surface area contributed by atoms with Crippen molar-refractivity contribution in [3.05, 3.63) is 0 Å². The van der Waals surface area contributed by atoms with Crippen molar-refractivity contribution >= 4 is 6.29 Å². The molecular weight excluding hydrogens is 102 g/mol. The largest absolute Gasteiger partial charge is 0.291 e. The molecule has 1 unspecified atom stereocenters. The van der Waals surface area contributed by atoms with Crippen LogP contribution in [0.5, 0.6) is 0 Å². The molecule has 0 aromatic heterocycles. The molecule has 0 rings (SSSR count). The summed E-state index contributed by atoms with van der Waals surface area (Å²) in [6.45, 7) is -1.09. The van der Waals surface area contributed by atoms with Crippen LogP contribution >= 0.6 is 0 Å². The van der Waals surface area contributed by atoms with E-state index in [2.05, 4.69) is 0 Å². The number of carbonyl (C=O) groups excluding carboxylic acids is 1. The fraction of sp³-hybridized carbons (Fsp3) is 0.750. The average Bonchev–Trinajstić information content (AvgIpc) is 1.68. The molecule has 1 nitrogen and oxygen atoms in total. The predicted molar refractivity (Wildman–Crippen MR) is 21.2 cm³/mol. The Morgan fingerprint density at radius 1 is 1.71 bits per heavy atom. The van der Waals surface area contributed by atoms with Gasteiger partial charge in [-0.15, -0.1) is 0 Å². The van der Waals surface area contributed by atoms with Crippen LogP contribution in [0.2, 0.25) is 0 Å². The van der Waals surface area contributed by atoms with Gasteiger partial charge in [-0.1, -0.05) is 0 Å². The normalized spacial score (nSPS) is 13.4. The van der Waals surface area contributed by atoms with E-state index in [-0.39, 0.29) is 0 Å². The van der Waals surface area contributed by atoms with E-state index < -0.39 is 19.3 Å². The average molecular weight is 107 g/mol. The van der Waals surface area contributed by atoms with Crippen molar-refractivity contribution in [3.8, 4) is 0 Å². The summed E-state index contributed by atoms with van der Waals surface area (Å²) < 4.78 is 22.5. The maximum absolute atomic E-state index is 11.5. The Hall–Kier alpha value is -0.470. The van der Waals surface area contributed by atoms with Gasteiger partial charge in [0.2, 0.25) is 6.29 Å². The van der Waals surface area contributed by atoms with E-state index in [4.69, 9.17) is 0 Å². The van der Waals surface area contributed by atoms with Gasteiger partial charge in [-0.2, -0.15) is 0 Å². The zero-order chi connectivity index (χ0) is 5.70. The van der Waals surface area contributed by atoms with Gasteiger partial charge in [0.15, 0.2) is 0 Å². The third-order valence-electron chi connectivity index (χ3n) is 0.472. The lowest BCUT2D eigenvalue weighted by atomic mass is 10.3. The predicted octanol–water partition coefficient (Wildman–Crippen LogP) is 0.794. The van der Waals surface area contributed by atoms with E-state index in [1.54, 1.807) is 0 Å². The monoisotopic (exact) mass is 107 g/mol. The molecule has 41 valence electrons. The lowest BCUT2D eigenvalue weighted by Gasteiger charge is -1.90. The van der Waals surface area contributed by atoms with Crippen LogP contribution in [0, 0.1) is 0 Å². The first-order valence-electron chi connectivity index (χ1n) is 1.86. The number of alkyl halides is 2. The number of rotatable bonds is 3. The Morgan fingerprint density at radius 3 is 2.43 bits per heavy atom. The number of hydrogen-bond acceptors (Lipinski definition) is 1. The minimum absolute atomic E-state index is 0.448. The second kappa shape index (κ2) is 3.71. The van der Waals surface area contributed by atoms with Crippen LogP contribution in [-0.2, 0) is 4.79 Å². The summed E-state index contributed by atoms with van der Waals surface area (Å²) in [6.07, 6.45) is -0.836. The second-order valence-electron chi connectivity index (χ2n) is 1.10. The third-order valence-corrected chi connectivity index (χ3v) is 0.472. The van der Waals surface area contributed by atoms with E-state index in [0.717, 1.165) is 0 Å². The zero-order valence-corrected chi connectivity index (χ0v) is 3.66. The van der Waals surface area contributed by atoms with Crippen LogP contribution in [0.1, 0.15) is 6.42 Å². The van der Waals surface area contributed by atoms with Gasteiger partial charge in [0.1, 0.15) is 12.8 Å². The molecule has 0 aliphatic heterocycles. The molecule has 0 aliphatic rings. The molecule has 0 aromatic carbocycles. The summed E-state index contributed by atoms with van der Waals surface area (Å²) in [7, 11) is 0. The molecule has 1 atom stereocenters. The third kappa shape index (κ3) is 3.36. The molecule has 0 saturated heterocycles. The van der Waals surface area contributed by atoms with Gasteiger partial charge in [0, 0.05) is 6.42 Å². The van der Waals surface area contributed by atoms with Crippen LogP contribution < -0.4 is 0 Å². The Labute approximate surface area is 40.3 Å². The minimum atomic E-state index is -1.64. The summed E-state index contributed by atoms with van der Waals surface area (Å²) in [4.78, 5) is 9.24. The second-order valence-corrected chi connectivity index (χ2v) is 1.10. The Kier molecular flexibility index (Phi) is 3.46. The highest BCUT2D eigenvalue weighted by Crippen LogP contribution is 1.93. The Bertz CT molecular complexity index is 55.7. The van der Waals surface area contributed by atoms with E-state index >= 15 is 0 Å². The molecule has 0 saturated carbocycles. The van der Waals surface area contributed by atoms with Crippen LogP contribution in [0.15, 0.2) is 0 Å². The number of halogens is 2. The summed E-state index contributed by atoms with van der Waals surface area (Å²) in [5.41, 5.74) is 0. The molecule has 0 heterocycles. The van der Waals surface area contributed by atoms with E-state index in [1.165, 1.54) is 6.29 Å². The molecule has 0 amide bonds. The van der Waals surface area contributed by atoms with Gasteiger partial charge in [-0.25, -0.2) is 8.78 Å². The number of hydrogen-bond donors (Lipinski definition) is 0. The van der Waals surface area contributed by atoms with Gasteiger partial charge in [-0.05, 0) is 0 Å². The van der Waals surface area contributed by atoms with Gasteiger partial charge in [0.05, 0.1) is 0 Å². The molecule has 0 aromatic rings. The standard InChI is InChI=1S/C4H5F2O/c5-3-4(6)1-2-7/h4H,1,3H2. The first-order valence-corrected chi connectivity index (χ1v) is 1.86. The van der Waals surface area contributed by atoms with E-state index in [1.807, 2.05) is 0 Å². The van der Waals surface area contributed by atoms with Crippen LogP contribution in [0.3, 0.4) is 0 Å². The maximum atomic E-state index is 11.5. The van der Waals surface area contributed by atoms with Gasteiger partial charge in [-0.3, -0.25) is 4.79 Å². The van der Waals surface area contributed by atoms with Crippen molar-refractivity contribution in [1.82, 2.24) is 0 Å². The lowest BCUT2D eigenvalue weighted by molar-refractivity contribution is 0.266. The van der Waals surface area contributed by atoms with Gasteiger partial charge < -0.3 is 0 Å². The van der Waals surface area contributed by atoms with Crippen molar-refractivity contribution in [2.24, 2.45) is 0 Å². The van der Waals surface area contributed by atoms with E-state index in [0.29, 0.717) is 0 Å². The molecule has 0 fully saturated rings. The van der Waals surface area contributed by atoms with Crippen LogP contribution in [0.4, 0.5) is 8.78 Å². The molecule has 0 N–H and O–H groups in total. The minimum Gasteiger partial charge on any atom is -0.291 e. The summed E-state index contributed by atoms with van der Waals surface area (Å²) in [6, 6.07) is 0. The maximum Gasteiger partial charge on any atom is 0.201 e. The topological polar surface area (TPSA) is 17.1 Å².